The zero-order chi connectivity index (χ0) is 8.27. The average molecular weight is 192 g/mol. The monoisotopic (exact) mass is 191 g/mol. The van der Waals surface area contributed by atoms with Crippen LogP contribution >= 0.6 is 22.9 Å². The van der Waals surface area contributed by atoms with Gasteiger partial charge in [0.05, 0.1) is 10.8 Å². The molecule has 1 aromatic rings. The molecule has 1 rings (SSSR count). The fraction of sp³-hybridized carbons (Fsp3) is 0.167. The second-order valence-corrected chi connectivity index (χ2v) is 3.67. The molecule has 0 aliphatic rings. The van der Waals surface area contributed by atoms with Gasteiger partial charge in [-0.05, 0) is 12.1 Å². The summed E-state index contributed by atoms with van der Waals surface area (Å²) in [5.41, 5.74) is 0. The summed E-state index contributed by atoms with van der Waals surface area (Å²) in [5.74, 6) is 4.19. The Morgan fingerprint density at radius 3 is 2.91 bits per heavy atom. The lowest BCUT2D eigenvalue weighted by Crippen LogP contribution is -2.11. The SMILES string of the molecule is NOC(=O)Cc1ccc(Cl)s1. The Morgan fingerprint density at radius 2 is 2.45 bits per heavy atom. The minimum Gasteiger partial charge on any atom is -0.373 e. The van der Waals surface area contributed by atoms with Crippen molar-refractivity contribution in [3.63, 3.8) is 0 Å². The second kappa shape index (κ2) is 3.71. The number of thiophene rings is 1. The lowest BCUT2D eigenvalue weighted by Gasteiger charge is -1.92. The number of hydrogen-bond acceptors (Lipinski definition) is 4. The lowest BCUT2D eigenvalue weighted by molar-refractivity contribution is -0.143. The fourth-order valence-electron chi connectivity index (χ4n) is 0.631. The topological polar surface area (TPSA) is 52.3 Å². The van der Waals surface area contributed by atoms with E-state index < -0.39 is 5.97 Å². The zero-order valence-corrected chi connectivity index (χ0v) is 7.11. The molecule has 60 valence electrons. The fourth-order valence-corrected chi connectivity index (χ4v) is 1.70. The number of halogens is 1. The van der Waals surface area contributed by atoms with Crippen LogP contribution in [-0.2, 0) is 16.1 Å². The maximum absolute atomic E-state index is 10.6. The molecule has 3 nitrogen and oxygen atoms in total. The summed E-state index contributed by atoms with van der Waals surface area (Å²) in [4.78, 5) is 15.4. The predicted molar refractivity (Wildman–Crippen MR) is 43.3 cm³/mol. The van der Waals surface area contributed by atoms with Crippen molar-refractivity contribution in [3.05, 3.63) is 21.3 Å². The maximum Gasteiger partial charge on any atom is 0.329 e. The van der Waals surface area contributed by atoms with Gasteiger partial charge in [0.2, 0.25) is 0 Å². The Bertz CT molecular complexity index is 261. The van der Waals surface area contributed by atoms with Crippen molar-refractivity contribution in [2.24, 2.45) is 5.90 Å². The average Bonchev–Trinajstić information content (AvgIpc) is 2.35. The molecule has 0 aromatic carbocycles. The van der Waals surface area contributed by atoms with Gasteiger partial charge >= 0.3 is 5.97 Å². The van der Waals surface area contributed by atoms with Crippen molar-refractivity contribution in [2.45, 2.75) is 6.42 Å². The van der Waals surface area contributed by atoms with E-state index in [0.29, 0.717) is 4.34 Å². The molecule has 0 fully saturated rings. The summed E-state index contributed by atoms with van der Waals surface area (Å²) < 4.78 is 0.657. The van der Waals surface area contributed by atoms with Gasteiger partial charge < -0.3 is 4.84 Å². The quantitative estimate of drug-likeness (QED) is 0.719. The highest BCUT2D eigenvalue weighted by atomic mass is 35.5. The van der Waals surface area contributed by atoms with Crippen LogP contribution in [0.1, 0.15) is 4.88 Å². The molecule has 0 atom stereocenters. The van der Waals surface area contributed by atoms with Gasteiger partial charge in [-0.25, -0.2) is 4.79 Å². The third-order valence-electron chi connectivity index (χ3n) is 1.08. The van der Waals surface area contributed by atoms with Crippen molar-refractivity contribution in [3.8, 4) is 0 Å². The van der Waals surface area contributed by atoms with Gasteiger partial charge in [-0.3, -0.25) is 0 Å². The van der Waals surface area contributed by atoms with E-state index in [2.05, 4.69) is 10.7 Å². The third-order valence-corrected chi connectivity index (χ3v) is 2.31. The van der Waals surface area contributed by atoms with Gasteiger partial charge in [0.25, 0.3) is 0 Å². The van der Waals surface area contributed by atoms with Gasteiger partial charge in [-0.1, -0.05) is 11.6 Å². The van der Waals surface area contributed by atoms with Crippen LogP contribution < -0.4 is 5.90 Å². The molecule has 11 heavy (non-hydrogen) atoms. The van der Waals surface area contributed by atoms with Crippen molar-refractivity contribution in [1.82, 2.24) is 0 Å². The molecule has 1 aromatic heterocycles. The van der Waals surface area contributed by atoms with E-state index >= 15 is 0 Å². The van der Waals surface area contributed by atoms with E-state index in [9.17, 15) is 4.79 Å². The first-order valence-electron chi connectivity index (χ1n) is 2.86. The summed E-state index contributed by atoms with van der Waals surface area (Å²) in [6.07, 6.45) is 0.188. The van der Waals surface area contributed by atoms with E-state index in [1.165, 1.54) is 11.3 Å². The molecule has 0 saturated heterocycles. The molecule has 0 saturated carbocycles. The van der Waals surface area contributed by atoms with Crippen LogP contribution in [0.2, 0.25) is 4.34 Å². The smallest absolute Gasteiger partial charge is 0.329 e. The van der Waals surface area contributed by atoms with Crippen molar-refractivity contribution >= 4 is 28.9 Å². The molecule has 0 unspecified atom stereocenters. The second-order valence-electron chi connectivity index (χ2n) is 1.87. The molecular weight excluding hydrogens is 186 g/mol. The summed E-state index contributed by atoms with van der Waals surface area (Å²) in [6.45, 7) is 0. The van der Waals surface area contributed by atoms with E-state index in [-0.39, 0.29) is 6.42 Å². The van der Waals surface area contributed by atoms with E-state index in [1.807, 2.05) is 0 Å². The number of rotatable bonds is 2. The van der Waals surface area contributed by atoms with Crippen LogP contribution in [0, 0.1) is 0 Å². The molecular formula is C6H6ClNO2S. The van der Waals surface area contributed by atoms with Crippen LogP contribution in [0.4, 0.5) is 0 Å². The first-order chi connectivity index (χ1) is 5.22. The van der Waals surface area contributed by atoms with Crippen molar-refractivity contribution in [1.29, 1.82) is 0 Å². The lowest BCUT2D eigenvalue weighted by atomic mass is 10.3. The molecule has 0 aliphatic heterocycles. The van der Waals surface area contributed by atoms with Crippen LogP contribution in [0.15, 0.2) is 12.1 Å². The summed E-state index contributed by atoms with van der Waals surface area (Å²) >= 11 is 6.96. The first-order valence-corrected chi connectivity index (χ1v) is 4.05. The molecule has 2 N–H and O–H groups in total. The van der Waals surface area contributed by atoms with Crippen molar-refractivity contribution in [2.75, 3.05) is 0 Å². The molecule has 5 heteroatoms. The summed E-state index contributed by atoms with van der Waals surface area (Å²) in [6, 6.07) is 3.50. The molecule has 0 radical (unpaired) electrons. The van der Waals surface area contributed by atoms with Gasteiger partial charge in [0.1, 0.15) is 0 Å². The summed E-state index contributed by atoms with van der Waals surface area (Å²) in [5, 5.41) is 0. The molecule has 0 spiro atoms. The van der Waals surface area contributed by atoms with Crippen LogP contribution in [0.25, 0.3) is 0 Å². The highest BCUT2D eigenvalue weighted by Gasteiger charge is 2.04. The van der Waals surface area contributed by atoms with E-state index in [4.69, 9.17) is 11.6 Å². The Labute approximate surface area is 72.7 Å². The molecule has 0 amide bonds. The normalized spacial score (nSPS) is 9.64. The molecule has 0 bridgehead atoms. The first kappa shape index (κ1) is 8.52. The van der Waals surface area contributed by atoms with Crippen LogP contribution in [-0.4, -0.2) is 5.97 Å². The van der Waals surface area contributed by atoms with E-state index in [0.717, 1.165) is 4.88 Å². The van der Waals surface area contributed by atoms with Gasteiger partial charge in [-0.15, -0.1) is 11.3 Å². The zero-order valence-electron chi connectivity index (χ0n) is 5.54. The molecule has 0 aliphatic carbocycles. The Hall–Kier alpha value is -0.580. The van der Waals surface area contributed by atoms with Crippen LogP contribution in [0.5, 0.6) is 0 Å². The minimum absolute atomic E-state index is 0.188. The summed E-state index contributed by atoms with van der Waals surface area (Å²) in [7, 11) is 0. The van der Waals surface area contributed by atoms with Gasteiger partial charge in [0, 0.05) is 4.88 Å². The van der Waals surface area contributed by atoms with Crippen LogP contribution in [0.3, 0.4) is 0 Å². The standard InChI is InChI=1S/C6H6ClNO2S/c7-5-2-1-4(11-5)3-6(9)10-8/h1-2H,3,8H2. The van der Waals surface area contributed by atoms with Crippen molar-refractivity contribution < 1.29 is 9.63 Å². The Morgan fingerprint density at radius 1 is 1.73 bits per heavy atom. The minimum atomic E-state index is -0.455. The number of hydrogen-bond donors (Lipinski definition) is 1. The highest BCUT2D eigenvalue weighted by Crippen LogP contribution is 2.21. The highest BCUT2D eigenvalue weighted by molar-refractivity contribution is 7.16. The maximum atomic E-state index is 10.6. The van der Waals surface area contributed by atoms with E-state index in [1.54, 1.807) is 12.1 Å². The Balaban J connectivity index is 2.57. The largest absolute Gasteiger partial charge is 0.373 e. The Kier molecular flexibility index (Phi) is 2.87. The predicted octanol–water partition coefficient (Wildman–Crippen LogP) is 1.36. The van der Waals surface area contributed by atoms with Gasteiger partial charge in [0.15, 0.2) is 0 Å². The number of carbonyl (C=O) groups excluding carboxylic acids is 1. The number of nitrogens with two attached hydrogens (primary N) is 1. The third kappa shape index (κ3) is 2.49. The number of carbonyl (C=O) groups is 1. The molecule has 1 heterocycles. The van der Waals surface area contributed by atoms with Gasteiger partial charge in [-0.2, -0.15) is 5.90 Å².